The van der Waals surface area contributed by atoms with E-state index in [4.69, 9.17) is 9.47 Å². The number of ether oxygens (including phenoxy) is 2. The maximum Gasteiger partial charge on any atom is 0.329 e. The molecule has 3 amide bonds. The van der Waals surface area contributed by atoms with Crippen LogP contribution >= 0.6 is 31.9 Å². The van der Waals surface area contributed by atoms with Gasteiger partial charge >= 0.3 is 11.8 Å². The normalized spacial score (nSPS) is 12.8. The summed E-state index contributed by atoms with van der Waals surface area (Å²) in [6, 6.07) is 8.93. The third-order valence-electron chi connectivity index (χ3n) is 4.62. The fraction of sp³-hybridized carbons (Fsp3) is 0.304. The van der Waals surface area contributed by atoms with E-state index < -0.39 is 11.8 Å². The Labute approximate surface area is 213 Å². The average Bonchev–Trinajstić information content (AvgIpc) is 3.60. The first-order valence-corrected chi connectivity index (χ1v) is 12.1. The van der Waals surface area contributed by atoms with Crippen LogP contribution in [0.3, 0.4) is 0 Å². The second-order valence-electron chi connectivity index (χ2n) is 7.51. The van der Waals surface area contributed by atoms with E-state index in [9.17, 15) is 14.4 Å². The number of nitrogens with one attached hydrogen (secondary N) is 3. The molecule has 1 saturated carbocycles. The Kier molecular flexibility index (Phi) is 9.05. The van der Waals surface area contributed by atoms with Crippen molar-refractivity contribution in [3.05, 3.63) is 50.4 Å². The second-order valence-corrected chi connectivity index (χ2v) is 9.22. The van der Waals surface area contributed by atoms with Crippen LogP contribution in [0.2, 0.25) is 0 Å². The number of aryl methyl sites for hydroxylation is 1. The summed E-state index contributed by atoms with van der Waals surface area (Å²) in [5.74, 6) is -1.12. The van der Waals surface area contributed by atoms with Gasteiger partial charge in [0.05, 0.1) is 17.3 Å². The van der Waals surface area contributed by atoms with Gasteiger partial charge in [0.15, 0.2) is 18.1 Å². The maximum atomic E-state index is 12.4. The van der Waals surface area contributed by atoms with Crippen LogP contribution in [0, 0.1) is 6.92 Å². The molecule has 3 rings (SSSR count). The lowest BCUT2D eigenvalue weighted by molar-refractivity contribution is -0.139. The van der Waals surface area contributed by atoms with Crippen LogP contribution in [0.5, 0.6) is 11.5 Å². The van der Waals surface area contributed by atoms with Gasteiger partial charge in [0.2, 0.25) is 0 Å². The van der Waals surface area contributed by atoms with Gasteiger partial charge in [-0.1, -0.05) is 15.9 Å². The SMILES string of the molecule is CCOc1cc(/C=N\NC(=O)C(=O)NC2CC2)cc(Br)c1OCC(=O)Nc1ccc(Br)c(C)c1. The fourth-order valence-corrected chi connectivity index (χ4v) is 3.64. The zero-order valence-electron chi connectivity index (χ0n) is 18.6. The molecule has 1 fully saturated rings. The van der Waals surface area contributed by atoms with E-state index in [1.165, 1.54) is 6.21 Å². The predicted octanol–water partition coefficient (Wildman–Crippen LogP) is 3.66. The molecular weight excluding hydrogens is 572 g/mol. The van der Waals surface area contributed by atoms with Crippen molar-refractivity contribution in [1.82, 2.24) is 10.7 Å². The van der Waals surface area contributed by atoms with Crippen LogP contribution in [0.4, 0.5) is 5.69 Å². The summed E-state index contributed by atoms with van der Waals surface area (Å²) in [5, 5.41) is 9.20. The van der Waals surface area contributed by atoms with Crippen LogP contribution in [0.25, 0.3) is 0 Å². The Bertz CT molecular complexity index is 1120. The maximum absolute atomic E-state index is 12.4. The average molecular weight is 596 g/mol. The lowest BCUT2D eigenvalue weighted by atomic mass is 10.2. The standard InChI is InChI=1S/C23H24Br2N4O5/c1-3-33-19-10-14(11-26-29-23(32)22(31)28-15-4-5-15)9-18(25)21(19)34-12-20(30)27-16-6-7-17(24)13(2)8-16/h6-11,15H,3-5,12H2,1-2H3,(H,27,30)(H,28,31)(H,29,32)/b26-11-. The van der Waals surface area contributed by atoms with Crippen molar-refractivity contribution in [3.8, 4) is 11.5 Å². The molecule has 0 atom stereocenters. The first-order chi connectivity index (χ1) is 16.3. The molecule has 2 aromatic rings. The lowest BCUT2D eigenvalue weighted by Crippen LogP contribution is -2.38. The van der Waals surface area contributed by atoms with Crippen LogP contribution in [-0.2, 0) is 14.4 Å². The third-order valence-corrected chi connectivity index (χ3v) is 6.10. The second kappa shape index (κ2) is 12.0. The van der Waals surface area contributed by atoms with Gasteiger partial charge in [-0.25, -0.2) is 5.43 Å². The van der Waals surface area contributed by atoms with Crippen LogP contribution in [-0.4, -0.2) is 43.2 Å². The molecule has 34 heavy (non-hydrogen) atoms. The molecule has 11 heteroatoms. The van der Waals surface area contributed by atoms with Crippen molar-refractivity contribution in [1.29, 1.82) is 0 Å². The number of carbonyl (C=O) groups excluding carboxylic acids is 3. The molecule has 0 saturated heterocycles. The van der Waals surface area contributed by atoms with Crippen molar-refractivity contribution in [2.75, 3.05) is 18.5 Å². The molecule has 0 bridgehead atoms. The number of halogens is 2. The summed E-state index contributed by atoms with van der Waals surface area (Å²) < 4.78 is 12.9. The first-order valence-electron chi connectivity index (χ1n) is 10.6. The summed E-state index contributed by atoms with van der Waals surface area (Å²) in [6.07, 6.45) is 3.15. The molecular formula is C23H24Br2N4O5. The van der Waals surface area contributed by atoms with E-state index in [1.807, 2.05) is 26.0 Å². The highest BCUT2D eigenvalue weighted by Gasteiger charge is 2.26. The van der Waals surface area contributed by atoms with Gasteiger partial charge in [-0.3, -0.25) is 14.4 Å². The quantitative estimate of drug-likeness (QED) is 0.232. The number of hydrogen-bond donors (Lipinski definition) is 3. The van der Waals surface area contributed by atoms with Crippen molar-refractivity contribution in [2.24, 2.45) is 5.10 Å². The molecule has 0 unspecified atom stereocenters. The minimum atomic E-state index is -0.834. The molecule has 0 aliphatic heterocycles. The predicted molar refractivity (Wildman–Crippen MR) is 135 cm³/mol. The van der Waals surface area contributed by atoms with E-state index in [-0.39, 0.29) is 18.6 Å². The molecule has 3 N–H and O–H groups in total. The molecule has 0 radical (unpaired) electrons. The van der Waals surface area contributed by atoms with E-state index in [1.54, 1.807) is 18.2 Å². The zero-order chi connectivity index (χ0) is 24.7. The number of amides is 3. The van der Waals surface area contributed by atoms with Gasteiger partial charge in [0.25, 0.3) is 5.91 Å². The summed E-state index contributed by atoms with van der Waals surface area (Å²) in [6.45, 7) is 3.89. The Morgan fingerprint density at radius 3 is 2.53 bits per heavy atom. The monoisotopic (exact) mass is 594 g/mol. The molecule has 9 nitrogen and oxygen atoms in total. The Hall–Kier alpha value is -2.92. The van der Waals surface area contributed by atoms with Crippen molar-refractivity contribution >= 4 is 61.5 Å². The highest BCUT2D eigenvalue weighted by molar-refractivity contribution is 9.10. The number of benzene rings is 2. The summed E-state index contributed by atoms with van der Waals surface area (Å²) in [7, 11) is 0. The summed E-state index contributed by atoms with van der Waals surface area (Å²) >= 11 is 6.85. The van der Waals surface area contributed by atoms with Gasteiger partial charge in [-0.15, -0.1) is 0 Å². The Balaban J connectivity index is 1.61. The summed E-state index contributed by atoms with van der Waals surface area (Å²) in [4.78, 5) is 35.8. The topological polar surface area (TPSA) is 118 Å². The van der Waals surface area contributed by atoms with Gasteiger partial charge in [0.1, 0.15) is 0 Å². The fourth-order valence-electron chi connectivity index (χ4n) is 2.82. The number of hydrogen-bond acceptors (Lipinski definition) is 6. The van der Waals surface area contributed by atoms with E-state index in [0.717, 1.165) is 22.9 Å². The number of carbonyl (C=O) groups is 3. The molecule has 180 valence electrons. The van der Waals surface area contributed by atoms with Gasteiger partial charge in [-0.2, -0.15) is 5.10 Å². The van der Waals surface area contributed by atoms with Crippen LogP contribution in [0.15, 0.2) is 44.4 Å². The minimum Gasteiger partial charge on any atom is -0.490 e. The van der Waals surface area contributed by atoms with Crippen molar-refractivity contribution < 1.29 is 23.9 Å². The van der Waals surface area contributed by atoms with E-state index in [2.05, 4.69) is 53.0 Å². The highest BCUT2D eigenvalue weighted by Crippen LogP contribution is 2.36. The minimum absolute atomic E-state index is 0.0838. The van der Waals surface area contributed by atoms with E-state index in [0.29, 0.717) is 33.8 Å². The van der Waals surface area contributed by atoms with Gasteiger partial charge < -0.3 is 20.1 Å². The van der Waals surface area contributed by atoms with Gasteiger partial charge in [0, 0.05) is 16.2 Å². The van der Waals surface area contributed by atoms with E-state index >= 15 is 0 Å². The van der Waals surface area contributed by atoms with Crippen molar-refractivity contribution in [2.45, 2.75) is 32.7 Å². The summed E-state index contributed by atoms with van der Waals surface area (Å²) in [5.41, 5.74) is 4.44. The number of anilines is 1. The van der Waals surface area contributed by atoms with Crippen LogP contribution < -0.4 is 25.5 Å². The van der Waals surface area contributed by atoms with Gasteiger partial charge in [-0.05, 0) is 84.1 Å². The number of hydrazone groups is 1. The zero-order valence-corrected chi connectivity index (χ0v) is 21.8. The highest BCUT2D eigenvalue weighted by atomic mass is 79.9. The first kappa shape index (κ1) is 25.7. The molecule has 0 spiro atoms. The Morgan fingerprint density at radius 2 is 1.85 bits per heavy atom. The third kappa shape index (κ3) is 7.56. The smallest absolute Gasteiger partial charge is 0.329 e. The largest absolute Gasteiger partial charge is 0.490 e. The van der Waals surface area contributed by atoms with Crippen LogP contribution in [0.1, 0.15) is 30.9 Å². The lowest BCUT2D eigenvalue weighted by Gasteiger charge is -2.15. The number of nitrogens with zero attached hydrogens (tertiary/aromatic N) is 1. The molecule has 0 aromatic heterocycles. The van der Waals surface area contributed by atoms with Crippen molar-refractivity contribution in [3.63, 3.8) is 0 Å². The molecule has 1 aliphatic rings. The Morgan fingerprint density at radius 1 is 1.09 bits per heavy atom. The molecule has 2 aromatic carbocycles. The molecule has 1 aliphatic carbocycles. The molecule has 0 heterocycles. The number of rotatable bonds is 9.